The van der Waals surface area contributed by atoms with E-state index in [-0.39, 0.29) is 17.5 Å². The number of nitrogens with one attached hydrogen (secondary N) is 2. The van der Waals surface area contributed by atoms with Crippen LogP contribution in [0.3, 0.4) is 0 Å². The molecular weight excluding hydrogens is 310 g/mol. The minimum absolute atomic E-state index is 0.0256. The molecule has 1 atom stereocenters. The van der Waals surface area contributed by atoms with Crippen LogP contribution in [0.2, 0.25) is 0 Å². The van der Waals surface area contributed by atoms with E-state index in [1.807, 2.05) is 0 Å². The number of hydrogen-bond acceptors (Lipinski definition) is 4. The number of nitro benzene ring substituents is 1. The Hall–Kier alpha value is -3.22. The molecule has 0 saturated carbocycles. The molecule has 0 spiro atoms. The van der Waals surface area contributed by atoms with Gasteiger partial charge in [-0.25, -0.2) is 0 Å². The Balaban J connectivity index is 2.14. The van der Waals surface area contributed by atoms with Crippen LogP contribution in [0.15, 0.2) is 48.5 Å². The van der Waals surface area contributed by atoms with Crippen LogP contribution in [0.4, 0.5) is 17.1 Å². The minimum Gasteiger partial charge on any atom is -0.325 e. The summed E-state index contributed by atoms with van der Waals surface area (Å²) in [5.41, 5.74) is 1.64. The van der Waals surface area contributed by atoms with E-state index in [1.54, 1.807) is 43.3 Å². The van der Waals surface area contributed by atoms with E-state index >= 15 is 0 Å². The maximum absolute atomic E-state index is 12.4. The molecule has 2 N–H and O–H groups in total. The average Bonchev–Trinajstić information content (AvgIpc) is 2.55. The quantitative estimate of drug-likeness (QED) is 0.650. The van der Waals surface area contributed by atoms with Gasteiger partial charge in [-0.05, 0) is 24.6 Å². The van der Waals surface area contributed by atoms with E-state index in [4.69, 9.17) is 0 Å². The second-order valence-electron chi connectivity index (χ2n) is 5.29. The molecule has 2 rings (SSSR count). The van der Waals surface area contributed by atoms with Crippen molar-refractivity contribution in [3.05, 3.63) is 64.2 Å². The number of benzene rings is 2. The number of anilines is 2. The molecule has 0 aliphatic carbocycles. The summed E-state index contributed by atoms with van der Waals surface area (Å²) in [5.74, 6) is -1.02. The summed E-state index contributed by atoms with van der Waals surface area (Å²) in [6, 6.07) is 12.7. The molecule has 24 heavy (non-hydrogen) atoms. The molecule has 0 heterocycles. The Morgan fingerprint density at radius 3 is 2.04 bits per heavy atom. The molecule has 0 aliphatic rings. The number of carbonyl (C=O) groups is 2. The fourth-order valence-electron chi connectivity index (χ4n) is 2.17. The lowest BCUT2D eigenvalue weighted by Gasteiger charge is -2.15. The second kappa shape index (κ2) is 7.36. The molecule has 0 fully saturated rings. The number of nitro groups is 1. The molecule has 7 heteroatoms. The molecule has 0 aliphatic heterocycles. The van der Waals surface area contributed by atoms with Crippen LogP contribution in [0.1, 0.15) is 25.3 Å². The average molecular weight is 327 g/mol. The van der Waals surface area contributed by atoms with E-state index in [1.165, 1.54) is 19.1 Å². The Bertz CT molecular complexity index is 772. The minimum atomic E-state index is -0.504. The first-order chi connectivity index (χ1) is 11.4. The van der Waals surface area contributed by atoms with Crippen molar-refractivity contribution in [1.82, 2.24) is 0 Å². The lowest BCUT2D eigenvalue weighted by molar-refractivity contribution is -0.384. The Morgan fingerprint density at radius 1 is 1.00 bits per heavy atom. The zero-order valence-electron chi connectivity index (χ0n) is 13.3. The number of amides is 2. The van der Waals surface area contributed by atoms with Gasteiger partial charge in [0.15, 0.2) is 0 Å². The predicted octanol–water partition coefficient (Wildman–Crippen LogP) is 3.30. The summed E-state index contributed by atoms with van der Waals surface area (Å²) in [5, 5.41) is 16.1. The van der Waals surface area contributed by atoms with Crippen molar-refractivity contribution >= 4 is 28.9 Å². The van der Waals surface area contributed by atoms with Gasteiger partial charge >= 0.3 is 0 Å². The Morgan fingerprint density at radius 2 is 1.54 bits per heavy atom. The van der Waals surface area contributed by atoms with Gasteiger partial charge in [-0.1, -0.05) is 24.3 Å². The standard InChI is InChI=1S/C17H17N3O4/c1-11(13-7-9-14(10-8-13)20(23)24)17(22)19-16-6-4-3-5-15(16)18-12(2)21/h3-11H,1-2H3,(H,18,21)(H,19,22). The van der Waals surface area contributed by atoms with Gasteiger partial charge in [-0.2, -0.15) is 0 Å². The summed E-state index contributed by atoms with van der Waals surface area (Å²) < 4.78 is 0. The van der Waals surface area contributed by atoms with Gasteiger partial charge in [0.25, 0.3) is 5.69 Å². The fraction of sp³-hybridized carbons (Fsp3) is 0.176. The van der Waals surface area contributed by atoms with E-state index in [0.717, 1.165) is 0 Å². The summed E-state index contributed by atoms with van der Waals surface area (Å²) in [6.07, 6.45) is 0. The topological polar surface area (TPSA) is 101 Å². The van der Waals surface area contributed by atoms with Crippen molar-refractivity contribution in [3.63, 3.8) is 0 Å². The maximum atomic E-state index is 12.4. The zero-order chi connectivity index (χ0) is 17.7. The second-order valence-corrected chi connectivity index (χ2v) is 5.29. The number of non-ortho nitro benzene ring substituents is 1. The highest BCUT2D eigenvalue weighted by molar-refractivity contribution is 6.01. The van der Waals surface area contributed by atoms with Crippen molar-refractivity contribution in [2.24, 2.45) is 0 Å². The van der Waals surface area contributed by atoms with Crippen molar-refractivity contribution in [3.8, 4) is 0 Å². The zero-order valence-corrected chi connectivity index (χ0v) is 13.3. The van der Waals surface area contributed by atoms with E-state index in [9.17, 15) is 19.7 Å². The summed E-state index contributed by atoms with van der Waals surface area (Å²) in [4.78, 5) is 33.8. The highest BCUT2D eigenvalue weighted by Crippen LogP contribution is 2.24. The van der Waals surface area contributed by atoms with Crippen LogP contribution in [0, 0.1) is 10.1 Å². The van der Waals surface area contributed by atoms with Crippen LogP contribution in [-0.2, 0) is 9.59 Å². The monoisotopic (exact) mass is 327 g/mol. The van der Waals surface area contributed by atoms with Crippen molar-refractivity contribution in [2.75, 3.05) is 10.6 Å². The summed E-state index contributed by atoms with van der Waals surface area (Å²) >= 11 is 0. The maximum Gasteiger partial charge on any atom is 0.269 e. The van der Waals surface area contributed by atoms with Crippen molar-refractivity contribution in [1.29, 1.82) is 0 Å². The number of para-hydroxylation sites is 2. The molecule has 124 valence electrons. The Kier molecular flexibility index (Phi) is 5.26. The van der Waals surface area contributed by atoms with Gasteiger partial charge in [0.05, 0.1) is 22.2 Å². The van der Waals surface area contributed by atoms with Gasteiger partial charge < -0.3 is 10.6 Å². The first-order valence-corrected chi connectivity index (χ1v) is 7.30. The van der Waals surface area contributed by atoms with Gasteiger partial charge in [-0.3, -0.25) is 19.7 Å². The van der Waals surface area contributed by atoms with Gasteiger partial charge in [0.1, 0.15) is 0 Å². The first-order valence-electron chi connectivity index (χ1n) is 7.30. The number of carbonyl (C=O) groups excluding carboxylic acids is 2. The lowest BCUT2D eigenvalue weighted by Crippen LogP contribution is -2.20. The van der Waals surface area contributed by atoms with Crippen LogP contribution in [0.25, 0.3) is 0 Å². The van der Waals surface area contributed by atoms with Crippen LogP contribution < -0.4 is 10.6 Å². The molecule has 7 nitrogen and oxygen atoms in total. The lowest BCUT2D eigenvalue weighted by atomic mass is 10.00. The predicted molar refractivity (Wildman–Crippen MR) is 90.9 cm³/mol. The summed E-state index contributed by atoms with van der Waals surface area (Å²) in [6.45, 7) is 3.09. The number of rotatable bonds is 5. The van der Waals surface area contributed by atoms with Gasteiger partial charge in [0.2, 0.25) is 11.8 Å². The van der Waals surface area contributed by atoms with E-state index in [2.05, 4.69) is 10.6 Å². The highest BCUT2D eigenvalue weighted by atomic mass is 16.6. The third kappa shape index (κ3) is 4.16. The van der Waals surface area contributed by atoms with Gasteiger partial charge in [-0.15, -0.1) is 0 Å². The Labute approximate surface area is 138 Å². The first kappa shape index (κ1) is 17.1. The third-order valence-electron chi connectivity index (χ3n) is 3.49. The van der Waals surface area contributed by atoms with Gasteiger partial charge in [0, 0.05) is 19.1 Å². The normalized spacial score (nSPS) is 11.4. The van der Waals surface area contributed by atoms with Crippen LogP contribution >= 0.6 is 0 Å². The molecular formula is C17H17N3O4. The summed E-state index contributed by atoms with van der Waals surface area (Å²) in [7, 11) is 0. The molecule has 2 amide bonds. The SMILES string of the molecule is CC(=O)Nc1ccccc1NC(=O)C(C)c1ccc([N+](=O)[O-])cc1. The van der Waals surface area contributed by atoms with Crippen molar-refractivity contribution < 1.29 is 14.5 Å². The molecule has 0 radical (unpaired) electrons. The molecule has 2 aromatic rings. The number of nitrogens with zero attached hydrogens (tertiary/aromatic N) is 1. The van der Waals surface area contributed by atoms with Crippen molar-refractivity contribution in [2.45, 2.75) is 19.8 Å². The third-order valence-corrected chi connectivity index (χ3v) is 3.49. The number of hydrogen-bond donors (Lipinski definition) is 2. The smallest absolute Gasteiger partial charge is 0.269 e. The van der Waals surface area contributed by atoms with Crippen LogP contribution in [0.5, 0.6) is 0 Å². The van der Waals surface area contributed by atoms with E-state index < -0.39 is 10.8 Å². The fourth-order valence-corrected chi connectivity index (χ4v) is 2.17. The molecule has 2 aromatic carbocycles. The highest BCUT2D eigenvalue weighted by Gasteiger charge is 2.17. The largest absolute Gasteiger partial charge is 0.325 e. The molecule has 0 saturated heterocycles. The van der Waals surface area contributed by atoms with Crippen LogP contribution in [-0.4, -0.2) is 16.7 Å². The molecule has 0 aromatic heterocycles. The molecule has 0 bridgehead atoms. The molecule has 1 unspecified atom stereocenters. The van der Waals surface area contributed by atoms with E-state index in [0.29, 0.717) is 16.9 Å².